The number of guanidine groups is 1. The van der Waals surface area contributed by atoms with Gasteiger partial charge < -0.3 is 15.5 Å². The Kier molecular flexibility index (Phi) is 4.66. The summed E-state index contributed by atoms with van der Waals surface area (Å²) in [7, 11) is 2.20. The van der Waals surface area contributed by atoms with Gasteiger partial charge in [0.2, 0.25) is 0 Å². The van der Waals surface area contributed by atoms with E-state index in [2.05, 4.69) is 21.8 Å². The summed E-state index contributed by atoms with van der Waals surface area (Å²) in [6, 6.07) is 0. The first-order valence-corrected chi connectivity index (χ1v) is 6.99. The maximum absolute atomic E-state index is 6.06. The standard InChI is InChI=1S/C13H26N4/c1-16-9-5-12(6-10-16)11-15-13(14)17-7-3-2-4-8-17/h12H,2-11H2,1H3,(H2,14,15). The first-order valence-electron chi connectivity index (χ1n) is 6.99. The molecule has 2 heterocycles. The van der Waals surface area contributed by atoms with Crippen LogP contribution in [-0.4, -0.2) is 55.5 Å². The highest BCUT2D eigenvalue weighted by molar-refractivity contribution is 5.78. The van der Waals surface area contributed by atoms with Gasteiger partial charge in [0.25, 0.3) is 0 Å². The molecule has 0 aliphatic carbocycles. The average Bonchev–Trinajstić information content (AvgIpc) is 2.39. The van der Waals surface area contributed by atoms with Crippen LogP contribution in [0.15, 0.2) is 4.99 Å². The van der Waals surface area contributed by atoms with Crippen LogP contribution in [0.2, 0.25) is 0 Å². The highest BCUT2D eigenvalue weighted by Crippen LogP contribution is 2.16. The van der Waals surface area contributed by atoms with Crippen molar-refractivity contribution in [3.63, 3.8) is 0 Å². The van der Waals surface area contributed by atoms with Crippen molar-refractivity contribution in [2.24, 2.45) is 16.6 Å². The SMILES string of the molecule is CN1CCC(CN=C(N)N2CCCCC2)CC1. The molecule has 2 aliphatic rings. The van der Waals surface area contributed by atoms with Gasteiger partial charge in [0.15, 0.2) is 5.96 Å². The number of rotatable bonds is 2. The molecule has 2 rings (SSSR count). The molecule has 0 saturated carbocycles. The molecule has 2 aliphatic heterocycles. The van der Waals surface area contributed by atoms with Crippen LogP contribution < -0.4 is 5.73 Å². The van der Waals surface area contributed by atoms with E-state index in [1.807, 2.05) is 0 Å². The van der Waals surface area contributed by atoms with Gasteiger partial charge in [-0.05, 0) is 58.2 Å². The molecule has 4 nitrogen and oxygen atoms in total. The number of hydrogen-bond acceptors (Lipinski definition) is 2. The number of nitrogens with two attached hydrogens (primary N) is 1. The van der Waals surface area contributed by atoms with Gasteiger partial charge in [0.1, 0.15) is 0 Å². The van der Waals surface area contributed by atoms with Gasteiger partial charge in [-0.1, -0.05) is 0 Å². The zero-order valence-electron chi connectivity index (χ0n) is 11.1. The number of piperidine rings is 2. The number of likely N-dealkylation sites (tertiary alicyclic amines) is 2. The molecular formula is C13H26N4. The first kappa shape index (κ1) is 12.7. The van der Waals surface area contributed by atoms with E-state index in [0.717, 1.165) is 31.5 Å². The molecule has 0 amide bonds. The quantitative estimate of drug-likeness (QED) is 0.579. The van der Waals surface area contributed by atoms with E-state index in [1.165, 1.54) is 45.2 Å². The van der Waals surface area contributed by atoms with Crippen molar-refractivity contribution < 1.29 is 0 Å². The molecule has 0 radical (unpaired) electrons. The maximum atomic E-state index is 6.06. The molecule has 2 fully saturated rings. The number of aliphatic imine (C=N–C) groups is 1. The molecule has 17 heavy (non-hydrogen) atoms. The smallest absolute Gasteiger partial charge is 0.191 e. The van der Waals surface area contributed by atoms with Crippen molar-refractivity contribution in [1.82, 2.24) is 9.80 Å². The maximum Gasteiger partial charge on any atom is 0.191 e. The molecule has 4 heteroatoms. The number of nitrogens with zero attached hydrogens (tertiary/aromatic N) is 3. The molecule has 0 aromatic carbocycles. The number of hydrogen-bond donors (Lipinski definition) is 1. The van der Waals surface area contributed by atoms with Gasteiger partial charge in [-0.2, -0.15) is 0 Å². The molecule has 2 N–H and O–H groups in total. The lowest BCUT2D eigenvalue weighted by atomic mass is 9.97. The van der Waals surface area contributed by atoms with E-state index >= 15 is 0 Å². The fraction of sp³-hybridized carbons (Fsp3) is 0.923. The van der Waals surface area contributed by atoms with Crippen molar-refractivity contribution in [2.45, 2.75) is 32.1 Å². The van der Waals surface area contributed by atoms with Crippen LogP contribution in [0.5, 0.6) is 0 Å². The van der Waals surface area contributed by atoms with E-state index in [0.29, 0.717) is 0 Å². The van der Waals surface area contributed by atoms with Crippen molar-refractivity contribution in [3.8, 4) is 0 Å². The van der Waals surface area contributed by atoms with Gasteiger partial charge in [-0.25, -0.2) is 0 Å². The predicted molar refractivity (Wildman–Crippen MR) is 72.1 cm³/mol. The Morgan fingerprint density at radius 1 is 1.12 bits per heavy atom. The lowest BCUT2D eigenvalue weighted by Gasteiger charge is -2.30. The van der Waals surface area contributed by atoms with Crippen LogP contribution in [0.1, 0.15) is 32.1 Å². The van der Waals surface area contributed by atoms with Crippen molar-refractivity contribution in [2.75, 3.05) is 39.8 Å². The predicted octanol–water partition coefficient (Wildman–Crippen LogP) is 1.13. The molecule has 2 saturated heterocycles. The lowest BCUT2D eigenvalue weighted by molar-refractivity contribution is 0.223. The zero-order valence-corrected chi connectivity index (χ0v) is 11.1. The molecule has 0 aromatic rings. The summed E-state index contributed by atoms with van der Waals surface area (Å²) in [5.74, 6) is 1.53. The molecule has 0 bridgehead atoms. The largest absolute Gasteiger partial charge is 0.370 e. The van der Waals surface area contributed by atoms with Gasteiger partial charge >= 0.3 is 0 Å². The minimum absolute atomic E-state index is 0.745. The normalized spacial score (nSPS) is 25.2. The van der Waals surface area contributed by atoms with Gasteiger partial charge in [-0.15, -0.1) is 0 Å². The van der Waals surface area contributed by atoms with E-state index in [-0.39, 0.29) is 0 Å². The Morgan fingerprint density at radius 3 is 2.41 bits per heavy atom. The van der Waals surface area contributed by atoms with Crippen molar-refractivity contribution >= 4 is 5.96 Å². The Balaban J connectivity index is 1.75. The summed E-state index contributed by atoms with van der Waals surface area (Å²) in [4.78, 5) is 9.24. The minimum atomic E-state index is 0.745. The fourth-order valence-electron chi connectivity index (χ4n) is 2.69. The minimum Gasteiger partial charge on any atom is -0.370 e. The lowest BCUT2D eigenvalue weighted by Crippen LogP contribution is -2.41. The Morgan fingerprint density at radius 2 is 1.76 bits per heavy atom. The fourth-order valence-corrected chi connectivity index (χ4v) is 2.69. The Bertz CT molecular complexity index is 250. The third kappa shape index (κ3) is 3.87. The summed E-state index contributed by atoms with van der Waals surface area (Å²) >= 11 is 0. The summed E-state index contributed by atoms with van der Waals surface area (Å²) in [5, 5.41) is 0. The highest BCUT2D eigenvalue weighted by Gasteiger charge is 2.17. The zero-order chi connectivity index (χ0) is 12.1. The van der Waals surface area contributed by atoms with Gasteiger partial charge in [0.05, 0.1) is 0 Å². The average molecular weight is 238 g/mol. The highest BCUT2D eigenvalue weighted by atomic mass is 15.3. The monoisotopic (exact) mass is 238 g/mol. The molecule has 98 valence electrons. The van der Waals surface area contributed by atoms with Crippen LogP contribution in [0.25, 0.3) is 0 Å². The third-order valence-corrected chi connectivity index (χ3v) is 4.03. The summed E-state index contributed by atoms with van der Waals surface area (Å²) in [6.45, 7) is 5.55. The Labute approximate surface area is 105 Å². The molecule has 0 aromatic heterocycles. The topological polar surface area (TPSA) is 44.9 Å². The Hall–Kier alpha value is -0.770. The third-order valence-electron chi connectivity index (χ3n) is 4.03. The van der Waals surface area contributed by atoms with Crippen LogP contribution in [-0.2, 0) is 0 Å². The van der Waals surface area contributed by atoms with Gasteiger partial charge in [0, 0.05) is 19.6 Å². The first-order chi connectivity index (χ1) is 8.25. The van der Waals surface area contributed by atoms with E-state index in [9.17, 15) is 0 Å². The van der Waals surface area contributed by atoms with E-state index in [4.69, 9.17) is 5.73 Å². The second-order valence-electron chi connectivity index (χ2n) is 5.49. The summed E-state index contributed by atoms with van der Waals surface area (Å²) in [5.41, 5.74) is 6.06. The van der Waals surface area contributed by atoms with Crippen LogP contribution >= 0.6 is 0 Å². The second-order valence-corrected chi connectivity index (χ2v) is 5.49. The molecule has 0 atom stereocenters. The van der Waals surface area contributed by atoms with Crippen molar-refractivity contribution in [3.05, 3.63) is 0 Å². The van der Waals surface area contributed by atoms with Crippen LogP contribution in [0.4, 0.5) is 0 Å². The molecule has 0 spiro atoms. The van der Waals surface area contributed by atoms with Crippen molar-refractivity contribution in [1.29, 1.82) is 0 Å². The second kappa shape index (κ2) is 6.24. The van der Waals surface area contributed by atoms with Crippen LogP contribution in [0.3, 0.4) is 0 Å². The molecular weight excluding hydrogens is 212 g/mol. The summed E-state index contributed by atoms with van der Waals surface area (Å²) < 4.78 is 0. The molecule has 0 unspecified atom stereocenters. The van der Waals surface area contributed by atoms with Gasteiger partial charge in [-0.3, -0.25) is 4.99 Å². The van der Waals surface area contributed by atoms with Crippen LogP contribution in [0, 0.1) is 5.92 Å². The summed E-state index contributed by atoms with van der Waals surface area (Å²) in [6.07, 6.45) is 6.42. The van der Waals surface area contributed by atoms with E-state index < -0.39 is 0 Å². The van der Waals surface area contributed by atoms with E-state index in [1.54, 1.807) is 0 Å².